The van der Waals surface area contributed by atoms with Crippen molar-refractivity contribution in [2.24, 2.45) is 10.8 Å². The summed E-state index contributed by atoms with van der Waals surface area (Å²) in [5.41, 5.74) is 6.28. The second-order valence-electron chi connectivity index (χ2n) is 16.0. The van der Waals surface area contributed by atoms with Crippen molar-refractivity contribution < 1.29 is 38.5 Å². The van der Waals surface area contributed by atoms with Crippen LogP contribution in [0.15, 0.2) is 24.3 Å². The molecule has 8 nitrogen and oxygen atoms in total. The molecule has 0 amide bonds. The van der Waals surface area contributed by atoms with Gasteiger partial charge in [-0.2, -0.15) is 0 Å². The average molecular weight is 729 g/mol. The van der Waals surface area contributed by atoms with E-state index in [1.807, 2.05) is 72.7 Å². The quantitative estimate of drug-likeness (QED) is 0.190. The molecule has 0 bridgehead atoms. The van der Waals surface area contributed by atoms with Gasteiger partial charge in [0.1, 0.15) is 17.1 Å². The summed E-state index contributed by atoms with van der Waals surface area (Å²) in [5, 5.41) is 8.44. The van der Waals surface area contributed by atoms with Crippen molar-refractivity contribution >= 4 is 23.9 Å². The number of aliphatic carboxylic acids is 1. The Morgan fingerprint density at radius 1 is 0.596 bits per heavy atom. The van der Waals surface area contributed by atoms with E-state index in [2.05, 4.69) is 55.4 Å². The van der Waals surface area contributed by atoms with Crippen molar-refractivity contribution in [2.45, 2.75) is 175 Å². The number of carboxylic acids is 1. The van der Waals surface area contributed by atoms with Gasteiger partial charge in [-0.25, -0.2) is 0 Å². The molecule has 0 aliphatic carbocycles. The molecule has 1 N–H and O–H groups in total. The number of esters is 3. The van der Waals surface area contributed by atoms with Crippen LogP contribution in [-0.2, 0) is 23.9 Å². The lowest BCUT2D eigenvalue weighted by Crippen LogP contribution is -2.33. The SMILES string of the molecule is CCC(C)(C)C(=O)O.CCC(C)(C)C(=O)OC(C)(C)C.CCC(C)c1c(C)cc(OC(C)=O)cc1C.CCC(C)c1c(C)cc(OC(C)=O)cc1C. The fourth-order valence-corrected chi connectivity index (χ4v) is 4.99. The molecule has 0 aliphatic heterocycles. The van der Waals surface area contributed by atoms with Crippen molar-refractivity contribution in [3.05, 3.63) is 57.6 Å². The highest BCUT2D eigenvalue weighted by Gasteiger charge is 2.30. The van der Waals surface area contributed by atoms with E-state index in [1.54, 1.807) is 13.8 Å². The van der Waals surface area contributed by atoms with Crippen LogP contribution in [-0.4, -0.2) is 34.6 Å². The minimum atomic E-state index is -0.722. The number of rotatable bonds is 10. The first-order chi connectivity index (χ1) is 23.6. The normalized spacial score (nSPS) is 12.3. The molecule has 0 aliphatic rings. The average Bonchev–Trinajstić information content (AvgIpc) is 2.99. The minimum Gasteiger partial charge on any atom is -0.481 e. The summed E-state index contributed by atoms with van der Waals surface area (Å²) in [6, 6.07) is 7.76. The van der Waals surface area contributed by atoms with Gasteiger partial charge in [0.2, 0.25) is 0 Å². The lowest BCUT2D eigenvalue weighted by Gasteiger charge is -2.27. The Balaban J connectivity index is 0. The molecule has 0 spiro atoms. The van der Waals surface area contributed by atoms with Gasteiger partial charge in [-0.3, -0.25) is 19.2 Å². The van der Waals surface area contributed by atoms with E-state index >= 15 is 0 Å². The number of carboxylic acid groups (broad SMARTS) is 1. The van der Waals surface area contributed by atoms with Gasteiger partial charge in [-0.05, 0) is 171 Å². The molecule has 0 aromatic heterocycles. The molecule has 0 fully saturated rings. The smallest absolute Gasteiger partial charge is 0.312 e. The lowest BCUT2D eigenvalue weighted by atomic mass is 9.90. The van der Waals surface area contributed by atoms with E-state index in [0.717, 1.165) is 19.3 Å². The van der Waals surface area contributed by atoms with Crippen LogP contribution in [0.2, 0.25) is 0 Å². The molecule has 52 heavy (non-hydrogen) atoms. The van der Waals surface area contributed by atoms with Gasteiger partial charge in [0.15, 0.2) is 0 Å². The highest BCUT2D eigenvalue weighted by Crippen LogP contribution is 2.31. The molecule has 0 heterocycles. The lowest BCUT2D eigenvalue weighted by molar-refractivity contribution is -0.165. The van der Waals surface area contributed by atoms with Crippen LogP contribution >= 0.6 is 0 Å². The van der Waals surface area contributed by atoms with Crippen LogP contribution in [0.4, 0.5) is 0 Å². The van der Waals surface area contributed by atoms with Gasteiger partial charge < -0.3 is 19.3 Å². The molecule has 2 atom stereocenters. The standard InChI is InChI=1S/2C14H20O2.C10H20O2.C6H12O2/c2*1-6-9(2)14-10(3)7-13(8-11(14)4)16-12(5)15;1-7-10(5,6)8(11)12-9(2,3)4;1-4-6(2,3)5(7)8/h2*7-9H,6H2,1-5H3;7H2,1-6H3;4H2,1-3H3,(H,7,8). The monoisotopic (exact) mass is 729 g/mol. The number of aryl methyl sites for hydroxylation is 4. The van der Waals surface area contributed by atoms with Gasteiger partial charge in [0.25, 0.3) is 0 Å². The predicted molar refractivity (Wildman–Crippen MR) is 213 cm³/mol. The van der Waals surface area contributed by atoms with E-state index in [1.165, 1.54) is 47.2 Å². The molecule has 2 unspecified atom stereocenters. The van der Waals surface area contributed by atoms with E-state index < -0.39 is 11.4 Å². The Hall–Kier alpha value is -3.68. The highest BCUT2D eigenvalue weighted by molar-refractivity contribution is 5.76. The number of benzene rings is 2. The fraction of sp³-hybridized carbons (Fsp3) is 0.636. The molecule has 8 heteroatoms. The molecule has 0 saturated carbocycles. The topological polar surface area (TPSA) is 116 Å². The first kappa shape index (κ1) is 50.4. The summed E-state index contributed by atoms with van der Waals surface area (Å²) < 4.78 is 15.5. The van der Waals surface area contributed by atoms with E-state index in [9.17, 15) is 19.2 Å². The minimum absolute atomic E-state index is 0.113. The Labute approximate surface area is 316 Å². The van der Waals surface area contributed by atoms with Gasteiger partial charge in [0.05, 0.1) is 10.8 Å². The first-order valence-electron chi connectivity index (χ1n) is 18.7. The Morgan fingerprint density at radius 2 is 0.885 bits per heavy atom. The van der Waals surface area contributed by atoms with E-state index in [4.69, 9.17) is 19.3 Å². The molecule has 2 aromatic rings. The molecule has 0 radical (unpaired) electrons. The molecular weight excluding hydrogens is 656 g/mol. The molecular formula is C44H72O8. The summed E-state index contributed by atoms with van der Waals surface area (Å²) in [5.74, 6) is 1.02. The summed E-state index contributed by atoms with van der Waals surface area (Å²) >= 11 is 0. The van der Waals surface area contributed by atoms with Crippen LogP contribution in [0.5, 0.6) is 11.5 Å². The second kappa shape index (κ2) is 22.4. The number of carbonyl (C=O) groups is 4. The number of hydrogen-bond donors (Lipinski definition) is 1. The third kappa shape index (κ3) is 18.7. The number of hydrogen-bond acceptors (Lipinski definition) is 7. The summed E-state index contributed by atoms with van der Waals surface area (Å²) in [6.45, 7) is 36.7. The van der Waals surface area contributed by atoms with Crippen molar-refractivity contribution in [1.82, 2.24) is 0 Å². The summed E-state index contributed by atoms with van der Waals surface area (Å²) in [7, 11) is 0. The Bertz CT molecular complexity index is 1340. The molecule has 2 aromatic carbocycles. The van der Waals surface area contributed by atoms with Gasteiger partial charge in [-0.1, -0.05) is 41.5 Å². The van der Waals surface area contributed by atoms with E-state index in [-0.39, 0.29) is 28.9 Å². The maximum absolute atomic E-state index is 11.5. The van der Waals surface area contributed by atoms with Gasteiger partial charge in [-0.15, -0.1) is 0 Å². The molecule has 0 saturated heterocycles. The Kier molecular flexibility index (Phi) is 21.7. The Morgan fingerprint density at radius 3 is 1.06 bits per heavy atom. The van der Waals surface area contributed by atoms with Crippen LogP contribution in [0.25, 0.3) is 0 Å². The predicted octanol–water partition coefficient (Wildman–Crippen LogP) is 11.8. The second-order valence-corrected chi connectivity index (χ2v) is 16.0. The zero-order chi connectivity index (χ0) is 41.4. The first-order valence-corrected chi connectivity index (χ1v) is 18.7. The zero-order valence-electron chi connectivity index (χ0n) is 36.1. The number of ether oxygens (including phenoxy) is 3. The van der Waals surface area contributed by atoms with Crippen molar-refractivity contribution in [3.8, 4) is 11.5 Å². The van der Waals surface area contributed by atoms with Gasteiger partial charge >= 0.3 is 23.9 Å². The van der Waals surface area contributed by atoms with Crippen LogP contribution in [0.3, 0.4) is 0 Å². The van der Waals surface area contributed by atoms with Crippen molar-refractivity contribution in [2.75, 3.05) is 0 Å². The third-order valence-electron chi connectivity index (χ3n) is 9.17. The third-order valence-corrected chi connectivity index (χ3v) is 9.17. The highest BCUT2D eigenvalue weighted by atomic mass is 16.6. The van der Waals surface area contributed by atoms with E-state index in [0.29, 0.717) is 29.8 Å². The summed E-state index contributed by atoms with van der Waals surface area (Å²) in [6.07, 6.45) is 3.73. The van der Waals surface area contributed by atoms with Gasteiger partial charge in [0, 0.05) is 13.8 Å². The number of carbonyl (C=O) groups excluding carboxylic acids is 3. The fourth-order valence-electron chi connectivity index (χ4n) is 4.99. The largest absolute Gasteiger partial charge is 0.481 e. The molecule has 2 rings (SSSR count). The maximum atomic E-state index is 11.5. The zero-order valence-corrected chi connectivity index (χ0v) is 36.1. The molecule has 296 valence electrons. The van der Waals surface area contributed by atoms with Crippen LogP contribution < -0.4 is 9.47 Å². The summed E-state index contributed by atoms with van der Waals surface area (Å²) in [4.78, 5) is 43.5. The van der Waals surface area contributed by atoms with Crippen molar-refractivity contribution in [1.29, 1.82) is 0 Å². The van der Waals surface area contributed by atoms with Crippen LogP contribution in [0.1, 0.15) is 175 Å². The maximum Gasteiger partial charge on any atom is 0.312 e. The van der Waals surface area contributed by atoms with Crippen LogP contribution in [0, 0.1) is 38.5 Å². The van der Waals surface area contributed by atoms with Crippen molar-refractivity contribution in [3.63, 3.8) is 0 Å².